The van der Waals surface area contributed by atoms with Crippen molar-refractivity contribution in [3.05, 3.63) is 163 Å². The molecule has 1 radical (unpaired) electrons. The fourth-order valence-electron chi connectivity index (χ4n) is 5.96. The summed E-state index contributed by atoms with van der Waals surface area (Å²) < 4.78 is 39.3. The van der Waals surface area contributed by atoms with E-state index in [2.05, 4.69) is 85.4 Å². The van der Waals surface area contributed by atoms with Crippen molar-refractivity contribution in [1.82, 2.24) is 9.97 Å². The number of fused-ring (bicyclic) bond motifs is 3. The van der Waals surface area contributed by atoms with Gasteiger partial charge in [-0.05, 0) is 73.5 Å². The first-order chi connectivity index (χ1) is 25.0. The number of nitrogens with zero attached hydrogens (tertiary/aromatic N) is 2. The number of pyridine rings is 2. The number of thiophene rings is 1. The second-order valence-corrected chi connectivity index (χ2v) is 18.9. The van der Waals surface area contributed by atoms with Gasteiger partial charge in [-0.25, -0.2) is 4.39 Å². The second-order valence-electron chi connectivity index (χ2n) is 12.8. The van der Waals surface area contributed by atoms with Gasteiger partial charge in [-0.3, -0.25) is 0 Å². The molecule has 0 aliphatic rings. The van der Waals surface area contributed by atoms with Crippen molar-refractivity contribution in [1.29, 1.82) is 0 Å². The van der Waals surface area contributed by atoms with E-state index in [9.17, 15) is 4.39 Å². The van der Waals surface area contributed by atoms with Crippen LogP contribution in [0.4, 0.5) is 4.39 Å². The third-order valence-electron chi connectivity index (χ3n) is 8.42. The van der Waals surface area contributed by atoms with Crippen LogP contribution in [0.2, 0.25) is 19.6 Å². The summed E-state index contributed by atoms with van der Waals surface area (Å²) in [6.07, 6.45) is 3.51. The normalized spacial score (nSPS) is 12.3. The molecule has 6 heteroatoms. The SMILES string of the molecule is C[Si](C)(C)c1cnc(-c2[c-]cccc2)cc1-c1ccccc1.[2H]C([2H])([2H])c1cnc(-c2[c-]ccc3c2sc2cc(F)ccc23)cc1-c1ccccc1.[Ir]. The molecular formula is C44H35FIrN2SSi-2. The monoisotopic (exact) mass is 866 g/mol. The molecule has 0 unspecified atom stereocenters. The quantitative estimate of drug-likeness (QED) is 0.127. The van der Waals surface area contributed by atoms with E-state index in [1.165, 1.54) is 46.0 Å². The predicted molar refractivity (Wildman–Crippen MR) is 208 cm³/mol. The van der Waals surface area contributed by atoms with E-state index < -0.39 is 14.9 Å². The Kier molecular flexibility index (Phi) is 9.49. The second kappa shape index (κ2) is 15.1. The number of hydrogen-bond acceptors (Lipinski definition) is 3. The van der Waals surface area contributed by atoms with Crippen LogP contribution in [0.1, 0.15) is 9.68 Å². The molecule has 0 bridgehead atoms. The molecule has 249 valence electrons. The minimum atomic E-state index is -2.28. The van der Waals surface area contributed by atoms with Gasteiger partial charge in [0.05, 0.1) is 8.07 Å². The van der Waals surface area contributed by atoms with Crippen molar-refractivity contribution >= 4 is 44.8 Å². The van der Waals surface area contributed by atoms with Crippen molar-refractivity contribution in [3.8, 4) is 44.8 Å². The Morgan fingerprint density at radius 1 is 0.680 bits per heavy atom. The number of aryl methyl sites for hydroxylation is 1. The van der Waals surface area contributed by atoms with Crippen LogP contribution >= 0.6 is 11.3 Å². The van der Waals surface area contributed by atoms with Crippen molar-refractivity contribution < 1.29 is 28.6 Å². The Balaban J connectivity index is 0.000000187. The molecule has 2 nitrogen and oxygen atoms in total. The van der Waals surface area contributed by atoms with Crippen LogP contribution in [0.25, 0.3) is 64.9 Å². The molecular weight excluding hydrogens is 828 g/mol. The van der Waals surface area contributed by atoms with E-state index in [0.29, 0.717) is 11.3 Å². The van der Waals surface area contributed by atoms with Gasteiger partial charge in [0, 0.05) is 41.3 Å². The summed E-state index contributed by atoms with van der Waals surface area (Å²) in [7, 11) is -1.46. The largest absolute Gasteiger partial charge is 0.305 e. The van der Waals surface area contributed by atoms with Gasteiger partial charge in [0.1, 0.15) is 5.82 Å². The van der Waals surface area contributed by atoms with Crippen molar-refractivity contribution in [3.63, 3.8) is 0 Å². The molecule has 8 aromatic rings. The van der Waals surface area contributed by atoms with E-state index in [-0.39, 0.29) is 31.5 Å². The fourth-order valence-corrected chi connectivity index (χ4v) is 8.67. The Bertz CT molecular complexity index is 2500. The van der Waals surface area contributed by atoms with Crippen LogP contribution in [0.5, 0.6) is 0 Å². The topological polar surface area (TPSA) is 25.8 Å². The van der Waals surface area contributed by atoms with Crippen molar-refractivity contribution in [2.75, 3.05) is 0 Å². The summed E-state index contributed by atoms with van der Waals surface area (Å²) in [5.41, 5.74) is 7.67. The van der Waals surface area contributed by atoms with Crippen LogP contribution in [0.3, 0.4) is 0 Å². The molecule has 0 fully saturated rings. The van der Waals surface area contributed by atoms with Crippen LogP contribution in [-0.4, -0.2) is 18.0 Å². The van der Waals surface area contributed by atoms with E-state index >= 15 is 0 Å². The number of halogens is 1. The maximum atomic E-state index is 13.7. The van der Waals surface area contributed by atoms with Crippen LogP contribution in [0.15, 0.2) is 140 Å². The first kappa shape index (κ1) is 31.4. The van der Waals surface area contributed by atoms with Crippen LogP contribution in [0, 0.1) is 24.8 Å². The number of aromatic nitrogens is 2. The van der Waals surface area contributed by atoms with Crippen LogP contribution in [-0.2, 0) is 20.1 Å². The van der Waals surface area contributed by atoms with E-state index in [1.54, 1.807) is 6.07 Å². The smallest absolute Gasteiger partial charge is 0.124 e. The van der Waals surface area contributed by atoms with Gasteiger partial charge >= 0.3 is 0 Å². The molecule has 0 saturated carbocycles. The summed E-state index contributed by atoms with van der Waals surface area (Å²) in [6.45, 7) is 4.82. The van der Waals surface area contributed by atoms with E-state index in [0.717, 1.165) is 42.6 Å². The molecule has 5 aromatic carbocycles. The molecule has 0 saturated heterocycles. The zero-order chi connectivity index (χ0) is 36.5. The number of rotatable bonds is 5. The Morgan fingerprint density at radius 3 is 2.04 bits per heavy atom. The summed E-state index contributed by atoms with van der Waals surface area (Å²) in [5.74, 6) is -0.272. The average Bonchev–Trinajstić information content (AvgIpc) is 3.53. The zero-order valence-electron chi connectivity index (χ0n) is 30.8. The van der Waals surface area contributed by atoms with Gasteiger partial charge in [-0.15, -0.1) is 59.7 Å². The Hall–Kier alpha value is -4.58. The molecule has 0 atom stereocenters. The molecule has 0 amide bonds. The molecule has 0 N–H and O–H groups in total. The minimum absolute atomic E-state index is 0. The zero-order valence-corrected chi connectivity index (χ0v) is 32.0. The predicted octanol–water partition coefficient (Wildman–Crippen LogP) is 11.8. The third-order valence-corrected chi connectivity index (χ3v) is 11.6. The number of hydrogen-bond donors (Lipinski definition) is 0. The summed E-state index contributed by atoms with van der Waals surface area (Å²) in [5, 5.41) is 3.39. The summed E-state index contributed by atoms with van der Waals surface area (Å²) >= 11 is 1.49. The minimum Gasteiger partial charge on any atom is -0.305 e. The van der Waals surface area contributed by atoms with E-state index in [1.807, 2.05) is 66.7 Å². The Morgan fingerprint density at radius 2 is 1.36 bits per heavy atom. The number of benzene rings is 5. The third kappa shape index (κ3) is 7.45. The van der Waals surface area contributed by atoms with Crippen molar-refractivity contribution in [2.45, 2.75) is 26.5 Å². The van der Waals surface area contributed by atoms with Crippen molar-refractivity contribution in [2.24, 2.45) is 0 Å². The van der Waals surface area contributed by atoms with Gasteiger partial charge in [0.25, 0.3) is 0 Å². The molecule has 3 aromatic heterocycles. The fraction of sp³-hybridized carbons (Fsp3) is 0.0909. The molecule has 0 aliphatic heterocycles. The molecule has 50 heavy (non-hydrogen) atoms. The average molecular weight is 866 g/mol. The van der Waals surface area contributed by atoms with Gasteiger partial charge in [0.2, 0.25) is 0 Å². The summed E-state index contributed by atoms with van der Waals surface area (Å²) in [6, 6.07) is 47.2. The molecule has 0 aliphatic carbocycles. The van der Waals surface area contributed by atoms with Gasteiger partial charge in [0.15, 0.2) is 0 Å². The molecule has 8 rings (SSSR count). The van der Waals surface area contributed by atoms with E-state index in [4.69, 9.17) is 9.10 Å². The first-order valence-corrected chi connectivity index (χ1v) is 20.4. The maximum Gasteiger partial charge on any atom is 0.124 e. The van der Waals surface area contributed by atoms with Gasteiger partial charge < -0.3 is 9.97 Å². The Labute approximate surface area is 316 Å². The van der Waals surface area contributed by atoms with Gasteiger partial charge in [-0.1, -0.05) is 104 Å². The summed E-state index contributed by atoms with van der Waals surface area (Å²) in [4.78, 5) is 9.19. The maximum absolute atomic E-state index is 13.7. The standard InChI is InChI=1S/C24H15FNS.C20H20NSi.Ir/c1-15-14-26-22(13-21(15)16-6-3-2-4-7-16)20-9-5-8-19-18-11-10-17(25)12-23(18)27-24(19)20;1-22(2,3)20-15-21-19(17-12-8-5-9-13-17)14-18(20)16-10-6-4-7-11-16;/h2-8,10-14H,1H3;4-12,14-15H,1-3H3;/q2*-1;/i1D3;;. The van der Waals surface area contributed by atoms with Crippen LogP contribution < -0.4 is 5.19 Å². The molecule has 3 heterocycles. The first-order valence-electron chi connectivity index (χ1n) is 17.6. The molecule has 0 spiro atoms. The van der Waals surface area contributed by atoms with Gasteiger partial charge in [-0.2, -0.15) is 11.3 Å².